The van der Waals surface area contributed by atoms with Gasteiger partial charge in [-0.25, -0.2) is 14.0 Å². The number of anilines is 1. The molecule has 3 aromatic rings. The Bertz CT molecular complexity index is 923. The van der Waals surface area contributed by atoms with Crippen LogP contribution in [-0.2, 0) is 0 Å². The third kappa shape index (κ3) is 3.12. The number of nitrogens with zero attached hydrogens (tertiary/aromatic N) is 3. The van der Waals surface area contributed by atoms with Crippen molar-refractivity contribution in [2.24, 2.45) is 0 Å². The smallest absolute Gasteiger partial charge is 0.346 e. The molecule has 1 aromatic carbocycles. The van der Waals surface area contributed by atoms with Gasteiger partial charge in [0.05, 0.1) is 5.56 Å². The molecule has 0 radical (unpaired) electrons. The molecule has 120 valence electrons. The monoisotopic (exact) mass is 326 g/mol. The molecule has 2 N–H and O–H groups in total. The zero-order chi connectivity index (χ0) is 17.1. The highest BCUT2D eigenvalue weighted by Gasteiger charge is 2.16. The van der Waals surface area contributed by atoms with E-state index < -0.39 is 17.8 Å². The molecule has 0 aliphatic heterocycles. The van der Waals surface area contributed by atoms with Crippen molar-refractivity contribution in [2.45, 2.75) is 0 Å². The molecule has 7 nitrogen and oxygen atoms in total. The van der Waals surface area contributed by atoms with Crippen molar-refractivity contribution in [1.82, 2.24) is 14.8 Å². The van der Waals surface area contributed by atoms with Crippen LogP contribution in [0.2, 0.25) is 0 Å². The molecule has 8 heteroatoms. The van der Waals surface area contributed by atoms with E-state index in [4.69, 9.17) is 0 Å². The minimum Gasteiger partial charge on any atom is -0.478 e. The van der Waals surface area contributed by atoms with Crippen molar-refractivity contribution in [3.05, 3.63) is 66.2 Å². The summed E-state index contributed by atoms with van der Waals surface area (Å²) in [6.45, 7) is 0. The van der Waals surface area contributed by atoms with Crippen LogP contribution in [0.4, 0.5) is 14.9 Å². The number of rotatable bonds is 3. The van der Waals surface area contributed by atoms with Crippen molar-refractivity contribution >= 4 is 17.7 Å². The zero-order valence-corrected chi connectivity index (χ0v) is 12.2. The lowest BCUT2D eigenvalue weighted by atomic mass is 10.1. The van der Waals surface area contributed by atoms with Crippen LogP contribution in [0.3, 0.4) is 0 Å². The lowest BCUT2D eigenvalue weighted by Gasteiger charge is -2.05. The van der Waals surface area contributed by atoms with Crippen LogP contribution in [0.5, 0.6) is 0 Å². The predicted octanol–water partition coefficient (Wildman–Crippen LogP) is 2.86. The number of carboxylic acid groups (broad SMARTS) is 1. The van der Waals surface area contributed by atoms with Gasteiger partial charge in [0.25, 0.3) is 0 Å². The molecule has 2 heterocycles. The third-order valence-electron chi connectivity index (χ3n) is 3.15. The number of halogens is 1. The molecule has 0 saturated heterocycles. The van der Waals surface area contributed by atoms with Crippen LogP contribution in [0, 0.1) is 5.82 Å². The average molecular weight is 326 g/mol. The highest BCUT2D eigenvalue weighted by Crippen LogP contribution is 2.19. The Hall–Kier alpha value is -3.55. The summed E-state index contributed by atoms with van der Waals surface area (Å²) in [6.07, 6.45) is 2.80. The first-order valence-electron chi connectivity index (χ1n) is 6.86. The molecular formula is C16H11FN4O3. The number of aromatic nitrogens is 3. The first kappa shape index (κ1) is 15.3. The highest BCUT2D eigenvalue weighted by atomic mass is 19.1. The summed E-state index contributed by atoms with van der Waals surface area (Å²) in [7, 11) is 0. The van der Waals surface area contributed by atoms with Crippen LogP contribution >= 0.6 is 0 Å². The van der Waals surface area contributed by atoms with E-state index in [9.17, 15) is 19.1 Å². The summed E-state index contributed by atoms with van der Waals surface area (Å²) in [5.41, 5.74) is 0.652. The maximum atomic E-state index is 13.1. The van der Waals surface area contributed by atoms with Crippen LogP contribution in [0.15, 0.2) is 54.9 Å². The molecule has 3 rings (SSSR count). The number of benzene rings is 1. The Morgan fingerprint density at radius 3 is 2.75 bits per heavy atom. The van der Waals surface area contributed by atoms with Crippen molar-refractivity contribution in [3.63, 3.8) is 0 Å². The lowest BCUT2D eigenvalue weighted by Crippen LogP contribution is -2.20. The van der Waals surface area contributed by atoms with Crippen molar-refractivity contribution in [2.75, 3.05) is 5.32 Å². The van der Waals surface area contributed by atoms with Crippen LogP contribution in [-0.4, -0.2) is 31.9 Å². The van der Waals surface area contributed by atoms with Gasteiger partial charge in [-0.15, -0.1) is 0 Å². The van der Waals surface area contributed by atoms with Gasteiger partial charge in [-0.3, -0.25) is 4.98 Å². The van der Waals surface area contributed by atoms with E-state index in [2.05, 4.69) is 15.4 Å². The number of nitrogens with one attached hydrogen (secondary N) is 1. The minimum absolute atomic E-state index is 0.0201. The van der Waals surface area contributed by atoms with E-state index in [-0.39, 0.29) is 22.6 Å². The van der Waals surface area contributed by atoms with E-state index in [1.54, 1.807) is 0 Å². The number of hydrogen-bond acceptors (Lipinski definition) is 4. The Labute approximate surface area is 135 Å². The third-order valence-corrected chi connectivity index (χ3v) is 3.15. The Morgan fingerprint density at radius 1 is 1.17 bits per heavy atom. The molecule has 0 aliphatic carbocycles. The second-order valence-corrected chi connectivity index (χ2v) is 4.79. The first-order valence-corrected chi connectivity index (χ1v) is 6.86. The maximum absolute atomic E-state index is 13.1. The predicted molar refractivity (Wildman–Crippen MR) is 83.2 cm³/mol. The van der Waals surface area contributed by atoms with Gasteiger partial charge in [0, 0.05) is 18.1 Å². The van der Waals surface area contributed by atoms with Gasteiger partial charge in [-0.1, -0.05) is 6.07 Å². The molecule has 0 atom stereocenters. The van der Waals surface area contributed by atoms with Gasteiger partial charge >= 0.3 is 12.0 Å². The standard InChI is InChI=1S/C16H11FN4O3/c17-10-3-1-4-11(9-10)19-16(24)21-8-6-13(20-21)14-12(15(22)23)5-2-7-18-14/h1-9H,(H,19,24)(H,22,23). The number of aromatic carboxylic acids is 1. The molecule has 0 fully saturated rings. The van der Waals surface area contributed by atoms with Crippen LogP contribution < -0.4 is 5.32 Å². The number of carbonyl (C=O) groups is 2. The fourth-order valence-corrected chi connectivity index (χ4v) is 2.09. The molecule has 24 heavy (non-hydrogen) atoms. The lowest BCUT2D eigenvalue weighted by molar-refractivity contribution is 0.0697. The first-order chi connectivity index (χ1) is 11.5. The van der Waals surface area contributed by atoms with Gasteiger partial charge in [-0.2, -0.15) is 9.78 Å². The summed E-state index contributed by atoms with van der Waals surface area (Å²) in [4.78, 5) is 27.3. The van der Waals surface area contributed by atoms with Gasteiger partial charge in [0.1, 0.15) is 17.2 Å². The van der Waals surface area contributed by atoms with Gasteiger partial charge < -0.3 is 10.4 Å². The largest absolute Gasteiger partial charge is 0.478 e. The quantitative estimate of drug-likeness (QED) is 0.771. The number of amides is 1. The topological polar surface area (TPSA) is 97.1 Å². The SMILES string of the molecule is O=C(O)c1cccnc1-c1ccn(C(=O)Nc2cccc(F)c2)n1. The number of carboxylic acids is 1. The number of carbonyl (C=O) groups excluding carboxylic acids is 1. The van der Waals surface area contributed by atoms with Crippen LogP contribution in [0.25, 0.3) is 11.4 Å². The molecule has 2 aromatic heterocycles. The molecular weight excluding hydrogens is 315 g/mol. The normalized spacial score (nSPS) is 10.4. The van der Waals surface area contributed by atoms with Crippen molar-refractivity contribution in [3.8, 4) is 11.4 Å². The molecule has 1 amide bonds. The van der Waals surface area contributed by atoms with E-state index in [1.807, 2.05) is 0 Å². The second kappa shape index (κ2) is 6.29. The second-order valence-electron chi connectivity index (χ2n) is 4.79. The summed E-state index contributed by atoms with van der Waals surface area (Å²) < 4.78 is 14.1. The van der Waals surface area contributed by atoms with Crippen LogP contribution in [0.1, 0.15) is 10.4 Å². The summed E-state index contributed by atoms with van der Waals surface area (Å²) >= 11 is 0. The summed E-state index contributed by atoms with van der Waals surface area (Å²) in [5, 5.41) is 15.7. The molecule has 0 unspecified atom stereocenters. The maximum Gasteiger partial charge on any atom is 0.346 e. The average Bonchev–Trinajstić information content (AvgIpc) is 3.05. The van der Waals surface area contributed by atoms with E-state index in [0.29, 0.717) is 0 Å². The Morgan fingerprint density at radius 2 is 2.00 bits per heavy atom. The summed E-state index contributed by atoms with van der Waals surface area (Å²) in [6, 6.07) is 9.19. The van der Waals surface area contributed by atoms with E-state index in [0.717, 1.165) is 4.68 Å². The van der Waals surface area contributed by atoms with Crippen molar-refractivity contribution in [1.29, 1.82) is 0 Å². The van der Waals surface area contributed by atoms with Gasteiger partial charge in [0.2, 0.25) is 0 Å². The zero-order valence-electron chi connectivity index (χ0n) is 12.2. The minimum atomic E-state index is -1.14. The molecule has 0 aliphatic rings. The van der Waals surface area contributed by atoms with Gasteiger partial charge in [-0.05, 0) is 36.4 Å². The number of hydrogen-bond donors (Lipinski definition) is 2. The fraction of sp³-hybridized carbons (Fsp3) is 0. The summed E-state index contributed by atoms with van der Waals surface area (Å²) in [5.74, 6) is -1.62. The molecule has 0 bridgehead atoms. The fourth-order valence-electron chi connectivity index (χ4n) is 2.09. The van der Waals surface area contributed by atoms with E-state index in [1.165, 1.54) is 54.9 Å². The number of pyridine rings is 1. The van der Waals surface area contributed by atoms with Crippen molar-refractivity contribution < 1.29 is 19.1 Å². The van der Waals surface area contributed by atoms with Gasteiger partial charge in [0.15, 0.2) is 0 Å². The Kier molecular flexibility index (Phi) is 4.02. The van der Waals surface area contributed by atoms with E-state index >= 15 is 0 Å². The Balaban J connectivity index is 1.86. The highest BCUT2D eigenvalue weighted by molar-refractivity contribution is 5.94. The molecule has 0 spiro atoms. The molecule has 0 saturated carbocycles.